The molecule has 28 heavy (non-hydrogen) atoms. The van der Waals surface area contributed by atoms with Gasteiger partial charge in [-0.05, 0) is 39.5 Å². The van der Waals surface area contributed by atoms with Crippen molar-refractivity contribution in [1.29, 1.82) is 0 Å². The third-order valence-corrected chi connectivity index (χ3v) is 5.94. The van der Waals surface area contributed by atoms with Crippen LogP contribution in [0.2, 0.25) is 0 Å². The number of rotatable bonds is 4. The minimum Gasteiger partial charge on any atom is -0.355 e. The molecule has 8 heteroatoms. The first-order valence-corrected chi connectivity index (χ1v) is 10.1. The Morgan fingerprint density at radius 1 is 1.25 bits per heavy atom. The number of fused-ring (bicyclic) bond motifs is 1. The molecule has 8 nitrogen and oxygen atoms in total. The first kappa shape index (κ1) is 18.9. The highest BCUT2D eigenvalue weighted by Gasteiger charge is 2.30. The molecule has 2 aromatic rings. The maximum absolute atomic E-state index is 12.0. The number of aryl methyl sites for hydroxylation is 3. The summed E-state index contributed by atoms with van der Waals surface area (Å²) >= 11 is 0. The fourth-order valence-electron chi connectivity index (χ4n) is 4.35. The van der Waals surface area contributed by atoms with Crippen molar-refractivity contribution in [2.24, 2.45) is 7.05 Å². The van der Waals surface area contributed by atoms with Crippen LogP contribution in [-0.4, -0.2) is 51.8 Å². The fourth-order valence-corrected chi connectivity index (χ4v) is 4.35. The smallest absolute Gasteiger partial charge is 0.288 e. The Kier molecular flexibility index (Phi) is 5.05. The summed E-state index contributed by atoms with van der Waals surface area (Å²) in [6.45, 7) is 5.78. The van der Waals surface area contributed by atoms with Crippen LogP contribution in [-0.2, 0) is 13.5 Å². The average molecular weight is 384 g/mol. The third kappa shape index (κ3) is 3.48. The summed E-state index contributed by atoms with van der Waals surface area (Å²) in [7, 11) is 3.60. The van der Waals surface area contributed by atoms with E-state index in [1.165, 1.54) is 17.7 Å². The van der Waals surface area contributed by atoms with Gasteiger partial charge in [-0.3, -0.25) is 9.48 Å². The van der Waals surface area contributed by atoms with Crippen LogP contribution < -0.4 is 15.5 Å². The zero-order valence-electron chi connectivity index (χ0n) is 17.1. The topological polar surface area (TPSA) is 88.0 Å². The average Bonchev–Trinajstić information content (AvgIpc) is 3.29. The highest BCUT2D eigenvalue weighted by molar-refractivity contribution is 5.90. The lowest BCUT2D eigenvalue weighted by Gasteiger charge is -2.27. The standard InChI is InChI=1S/C20H29N7O/c1-12-13(2)22-18(20(28)21-3)24-19(12)27-9-8-14(10-27)23-16-6-5-7-17-15(16)11-26(4)25-17/h11,14,16,23H,5-10H2,1-4H3,(H,21,28)/t14-,16?/m1/s1. The summed E-state index contributed by atoms with van der Waals surface area (Å²) in [6, 6.07) is 0.770. The van der Waals surface area contributed by atoms with Gasteiger partial charge in [0.25, 0.3) is 5.91 Å². The molecule has 0 saturated carbocycles. The molecule has 2 N–H and O–H groups in total. The lowest BCUT2D eigenvalue weighted by molar-refractivity contribution is 0.0952. The molecule has 150 valence electrons. The Hall–Kier alpha value is -2.48. The molecule has 1 aliphatic carbocycles. The fraction of sp³-hybridized carbons (Fsp3) is 0.600. The van der Waals surface area contributed by atoms with E-state index in [4.69, 9.17) is 0 Å². The molecule has 4 rings (SSSR count). The number of nitrogens with one attached hydrogen (secondary N) is 2. The minimum atomic E-state index is -0.246. The zero-order chi connectivity index (χ0) is 19.8. The SMILES string of the molecule is CNC(=O)c1nc(C)c(C)c(N2CC[C@@H](NC3CCCc4nn(C)cc43)C2)n1. The largest absolute Gasteiger partial charge is 0.355 e. The van der Waals surface area contributed by atoms with E-state index in [0.717, 1.165) is 49.4 Å². The van der Waals surface area contributed by atoms with E-state index in [1.54, 1.807) is 7.05 Å². The second-order valence-electron chi connectivity index (χ2n) is 7.91. The second-order valence-corrected chi connectivity index (χ2v) is 7.91. The van der Waals surface area contributed by atoms with Gasteiger partial charge in [-0.15, -0.1) is 0 Å². The van der Waals surface area contributed by atoms with E-state index < -0.39 is 0 Å². The Balaban J connectivity index is 1.49. The van der Waals surface area contributed by atoms with Crippen molar-refractivity contribution >= 4 is 11.7 Å². The molecule has 1 amide bonds. The van der Waals surface area contributed by atoms with Crippen LogP contribution in [0.3, 0.4) is 0 Å². The predicted octanol–water partition coefficient (Wildman–Crippen LogP) is 1.43. The normalized spacial score (nSPS) is 21.6. The van der Waals surface area contributed by atoms with Crippen molar-refractivity contribution in [3.05, 3.63) is 34.5 Å². The molecular weight excluding hydrogens is 354 g/mol. The number of aromatic nitrogens is 4. The minimum absolute atomic E-state index is 0.240. The number of amides is 1. The lowest BCUT2D eigenvalue weighted by Crippen LogP contribution is -2.37. The van der Waals surface area contributed by atoms with Gasteiger partial charge in [0.2, 0.25) is 5.82 Å². The Morgan fingerprint density at radius 3 is 2.86 bits per heavy atom. The van der Waals surface area contributed by atoms with Gasteiger partial charge in [0.1, 0.15) is 5.82 Å². The Bertz CT molecular complexity index is 891. The summed E-state index contributed by atoms with van der Waals surface area (Å²) in [4.78, 5) is 23.2. The van der Waals surface area contributed by atoms with Gasteiger partial charge in [-0.25, -0.2) is 9.97 Å². The van der Waals surface area contributed by atoms with Crippen LogP contribution in [0.1, 0.15) is 58.4 Å². The van der Waals surface area contributed by atoms with Gasteiger partial charge in [-0.2, -0.15) is 5.10 Å². The van der Waals surface area contributed by atoms with Gasteiger partial charge in [0.15, 0.2) is 0 Å². The van der Waals surface area contributed by atoms with Crippen molar-refractivity contribution in [1.82, 2.24) is 30.4 Å². The molecule has 2 aromatic heterocycles. The Labute approximate surface area is 165 Å². The molecule has 1 fully saturated rings. The first-order valence-electron chi connectivity index (χ1n) is 10.1. The number of hydrogen-bond acceptors (Lipinski definition) is 6. The molecular formula is C20H29N7O. The molecule has 1 saturated heterocycles. The molecule has 1 aliphatic heterocycles. The van der Waals surface area contributed by atoms with E-state index in [1.807, 2.05) is 25.6 Å². The lowest BCUT2D eigenvalue weighted by atomic mass is 9.92. The van der Waals surface area contributed by atoms with E-state index in [2.05, 4.69) is 36.8 Å². The van der Waals surface area contributed by atoms with Gasteiger partial charge in [0.05, 0.1) is 5.69 Å². The predicted molar refractivity (Wildman–Crippen MR) is 108 cm³/mol. The van der Waals surface area contributed by atoms with Crippen LogP contribution in [0.25, 0.3) is 0 Å². The van der Waals surface area contributed by atoms with E-state index >= 15 is 0 Å². The van der Waals surface area contributed by atoms with E-state index in [9.17, 15) is 4.79 Å². The van der Waals surface area contributed by atoms with Crippen LogP contribution in [0, 0.1) is 13.8 Å². The van der Waals surface area contributed by atoms with Crippen molar-refractivity contribution in [2.45, 2.75) is 51.6 Å². The van der Waals surface area contributed by atoms with Crippen molar-refractivity contribution < 1.29 is 4.79 Å². The number of nitrogens with zero attached hydrogens (tertiary/aromatic N) is 5. The first-order chi connectivity index (χ1) is 13.5. The highest BCUT2D eigenvalue weighted by Crippen LogP contribution is 2.31. The number of anilines is 1. The van der Waals surface area contributed by atoms with Gasteiger partial charge >= 0.3 is 0 Å². The number of hydrogen-bond donors (Lipinski definition) is 2. The van der Waals surface area contributed by atoms with Crippen molar-refractivity contribution in [3.63, 3.8) is 0 Å². The quantitative estimate of drug-likeness (QED) is 0.831. The molecule has 0 spiro atoms. The van der Waals surface area contributed by atoms with E-state index in [-0.39, 0.29) is 11.7 Å². The molecule has 1 unspecified atom stereocenters. The maximum Gasteiger partial charge on any atom is 0.288 e. The zero-order valence-corrected chi connectivity index (χ0v) is 17.1. The van der Waals surface area contributed by atoms with Gasteiger partial charge in [-0.1, -0.05) is 0 Å². The summed E-state index contributed by atoms with van der Waals surface area (Å²) in [5.74, 6) is 0.870. The van der Waals surface area contributed by atoms with Gasteiger partial charge in [0, 0.05) is 62.3 Å². The highest BCUT2D eigenvalue weighted by atomic mass is 16.2. The Morgan fingerprint density at radius 2 is 2.07 bits per heavy atom. The summed E-state index contributed by atoms with van der Waals surface area (Å²) in [5.41, 5.74) is 4.48. The summed E-state index contributed by atoms with van der Waals surface area (Å²) in [5, 5.41) is 11.1. The van der Waals surface area contributed by atoms with Crippen molar-refractivity contribution in [3.8, 4) is 0 Å². The van der Waals surface area contributed by atoms with E-state index in [0.29, 0.717) is 12.1 Å². The molecule has 2 aliphatic rings. The molecule has 0 aromatic carbocycles. The van der Waals surface area contributed by atoms with Crippen molar-refractivity contribution in [2.75, 3.05) is 25.0 Å². The molecule has 0 bridgehead atoms. The third-order valence-electron chi connectivity index (χ3n) is 5.94. The van der Waals surface area contributed by atoms with Crippen LogP contribution in [0.4, 0.5) is 5.82 Å². The number of carbonyl (C=O) groups excluding carboxylic acids is 1. The molecule has 0 radical (unpaired) electrons. The second kappa shape index (κ2) is 7.50. The number of carbonyl (C=O) groups is 1. The molecule has 3 heterocycles. The maximum atomic E-state index is 12.0. The summed E-state index contributed by atoms with van der Waals surface area (Å²) in [6.07, 6.45) is 6.63. The molecule has 2 atom stereocenters. The van der Waals surface area contributed by atoms with Crippen LogP contribution >= 0.6 is 0 Å². The van der Waals surface area contributed by atoms with Crippen LogP contribution in [0.5, 0.6) is 0 Å². The van der Waals surface area contributed by atoms with Crippen LogP contribution in [0.15, 0.2) is 6.20 Å². The monoisotopic (exact) mass is 383 g/mol. The van der Waals surface area contributed by atoms with Gasteiger partial charge < -0.3 is 15.5 Å². The summed E-state index contributed by atoms with van der Waals surface area (Å²) < 4.78 is 1.93.